The maximum atomic E-state index is 13.6. The topological polar surface area (TPSA) is 130 Å². The minimum Gasteiger partial charge on any atom is -0.810 e. The van der Waals surface area contributed by atoms with Crippen molar-refractivity contribution in [3.05, 3.63) is 99.7 Å². The number of thiophene rings is 1. The van der Waals surface area contributed by atoms with E-state index in [1.165, 1.54) is 36.4 Å². The zero-order valence-electron chi connectivity index (χ0n) is 18.9. The molecule has 0 saturated carbocycles. The molecule has 1 heterocycles. The van der Waals surface area contributed by atoms with Crippen molar-refractivity contribution in [2.75, 3.05) is 0 Å². The third kappa shape index (κ3) is 9.85. The largest absolute Gasteiger partial charge is 1.00 e. The van der Waals surface area contributed by atoms with E-state index in [-0.39, 0.29) is 83.1 Å². The number of halogens is 5. The standard InChI is InChI=1S/C16H8F5O5PS.C7H6O2.3Ag/c17-10-11(18)13(20)15(14(21)12(10)19)26-16(22)9-4-7-3-6(5-27(23,24)25)1-2-8(7)28-9;8-7(9)6-4-2-1-3-5-6;;;/h1-4H,5H2,(H2,23,24,25);1-5H,(H,8,9);;;/q;;3*+1/p-3. The van der Waals surface area contributed by atoms with Crippen LogP contribution < -0.4 is 19.6 Å². The molecule has 0 aliphatic carbocycles. The van der Waals surface area contributed by atoms with Gasteiger partial charge in [0.25, 0.3) is 0 Å². The Morgan fingerprint density at radius 1 is 0.800 bits per heavy atom. The summed E-state index contributed by atoms with van der Waals surface area (Å²) in [7, 11) is -4.82. The monoisotopic (exact) mass is 878 g/mol. The Morgan fingerprint density at radius 3 is 1.80 bits per heavy atom. The predicted molar refractivity (Wildman–Crippen MR) is 115 cm³/mol. The van der Waals surface area contributed by atoms with Crippen LogP contribution in [0.5, 0.6) is 5.75 Å². The smallest absolute Gasteiger partial charge is 0.810 e. The van der Waals surface area contributed by atoms with Gasteiger partial charge in [0, 0.05) is 10.9 Å². The van der Waals surface area contributed by atoms with Gasteiger partial charge in [-0.05, 0) is 34.7 Å². The minimum atomic E-state index is -4.82. The van der Waals surface area contributed by atoms with Crippen LogP contribution in [0.1, 0.15) is 25.6 Å². The molecular formula is C23H11Ag3F5O7PS. The van der Waals surface area contributed by atoms with Crippen LogP contribution in [0.2, 0.25) is 0 Å². The first kappa shape index (κ1) is 38.6. The average molecular weight is 881 g/mol. The van der Waals surface area contributed by atoms with Gasteiger partial charge in [0.2, 0.25) is 34.8 Å². The van der Waals surface area contributed by atoms with Gasteiger partial charge in [0.15, 0.2) is 0 Å². The Kier molecular flexibility index (Phi) is 15.7. The fraction of sp³-hybridized carbons (Fsp3) is 0.0435. The molecule has 1 aromatic heterocycles. The molecule has 7 nitrogen and oxygen atoms in total. The molecular weight excluding hydrogens is 870 g/mol. The van der Waals surface area contributed by atoms with Gasteiger partial charge in [-0.3, -0.25) is 0 Å². The molecule has 0 aliphatic heterocycles. The van der Waals surface area contributed by atoms with E-state index in [2.05, 4.69) is 4.74 Å². The summed E-state index contributed by atoms with van der Waals surface area (Å²) in [5.74, 6) is -15.8. The fourth-order valence-electron chi connectivity index (χ4n) is 2.91. The number of rotatable bonds is 5. The Balaban J connectivity index is 0.00000109. The fourth-order valence-corrected chi connectivity index (χ4v) is 4.47. The summed E-state index contributed by atoms with van der Waals surface area (Å²) >= 11 is 0.768. The van der Waals surface area contributed by atoms with Crippen molar-refractivity contribution in [1.29, 1.82) is 0 Å². The molecule has 0 amide bonds. The molecule has 17 heteroatoms. The number of carbonyl (C=O) groups excluding carboxylic acids is 2. The average Bonchev–Trinajstić information content (AvgIpc) is 3.27. The second kappa shape index (κ2) is 16.3. The maximum Gasteiger partial charge on any atom is 1.00 e. The Morgan fingerprint density at radius 2 is 1.32 bits per heavy atom. The van der Waals surface area contributed by atoms with Crippen molar-refractivity contribution in [2.24, 2.45) is 0 Å². The van der Waals surface area contributed by atoms with E-state index >= 15 is 0 Å². The molecule has 0 unspecified atom stereocenters. The molecule has 0 aliphatic rings. The van der Waals surface area contributed by atoms with Gasteiger partial charge in [0.1, 0.15) is 4.88 Å². The Labute approximate surface area is 273 Å². The second-order valence-corrected chi connectivity index (χ2v) is 9.82. The number of ether oxygens (including phenoxy) is 1. The van der Waals surface area contributed by atoms with Crippen LogP contribution in [-0.2, 0) is 77.9 Å². The van der Waals surface area contributed by atoms with Gasteiger partial charge in [-0.2, -0.15) is 8.78 Å². The van der Waals surface area contributed by atoms with Gasteiger partial charge in [0.05, 0.1) is 5.97 Å². The number of carbonyl (C=O) groups is 2. The molecule has 0 atom stereocenters. The predicted octanol–water partition coefficient (Wildman–Crippen LogP) is 3.27. The number of aromatic carboxylic acids is 1. The number of fused-ring (bicyclic) bond motifs is 1. The summed E-state index contributed by atoms with van der Waals surface area (Å²) in [6.07, 6.45) is -0.761. The van der Waals surface area contributed by atoms with Crippen LogP contribution >= 0.6 is 18.9 Å². The number of esters is 1. The van der Waals surface area contributed by atoms with Crippen LogP contribution in [0.25, 0.3) is 10.1 Å². The van der Waals surface area contributed by atoms with E-state index in [1.54, 1.807) is 18.2 Å². The van der Waals surface area contributed by atoms with E-state index in [0.717, 1.165) is 11.3 Å². The van der Waals surface area contributed by atoms with Crippen LogP contribution in [0.3, 0.4) is 0 Å². The molecule has 0 bridgehead atoms. The molecule has 0 fully saturated rings. The minimum absolute atomic E-state index is 0. The van der Waals surface area contributed by atoms with Crippen LogP contribution in [0.15, 0.2) is 54.6 Å². The van der Waals surface area contributed by atoms with Crippen molar-refractivity contribution in [3.8, 4) is 5.75 Å². The molecule has 4 aromatic rings. The van der Waals surface area contributed by atoms with E-state index in [4.69, 9.17) is 0 Å². The van der Waals surface area contributed by atoms with Crippen molar-refractivity contribution in [3.63, 3.8) is 0 Å². The summed E-state index contributed by atoms with van der Waals surface area (Å²) < 4.78 is 82.2. The Hall–Kier alpha value is -1.42. The van der Waals surface area contributed by atoms with Crippen LogP contribution in [0, 0.1) is 29.1 Å². The Bertz CT molecular complexity index is 1520. The molecule has 0 saturated heterocycles. The summed E-state index contributed by atoms with van der Waals surface area (Å²) in [4.78, 5) is 43.6. The molecule has 3 aromatic carbocycles. The van der Waals surface area contributed by atoms with Gasteiger partial charge >= 0.3 is 73.1 Å². The van der Waals surface area contributed by atoms with Crippen molar-refractivity contribution in [1.82, 2.24) is 0 Å². The van der Waals surface area contributed by atoms with E-state index in [0.29, 0.717) is 10.1 Å². The zero-order valence-corrected chi connectivity index (χ0v) is 25.1. The van der Waals surface area contributed by atoms with Gasteiger partial charge in [-0.1, -0.05) is 44.0 Å². The molecule has 0 radical (unpaired) electrons. The van der Waals surface area contributed by atoms with Gasteiger partial charge in [-0.15, -0.1) is 11.3 Å². The number of carboxylic acids is 1. The number of carboxylic acid groups (broad SMARTS) is 1. The first-order valence-electron chi connectivity index (χ1n) is 9.82. The molecule has 40 heavy (non-hydrogen) atoms. The van der Waals surface area contributed by atoms with Gasteiger partial charge in [-0.25, -0.2) is 18.0 Å². The van der Waals surface area contributed by atoms with E-state index < -0.39 is 60.5 Å². The molecule has 4 rings (SSSR count). The zero-order chi connectivity index (χ0) is 27.5. The maximum absolute atomic E-state index is 13.6. The summed E-state index contributed by atoms with van der Waals surface area (Å²) in [6.45, 7) is 0. The quantitative estimate of drug-likeness (QED) is 0.0573. The summed E-state index contributed by atoms with van der Waals surface area (Å²) in [6, 6.07) is 13.3. The van der Waals surface area contributed by atoms with Crippen LogP contribution in [-0.4, -0.2) is 11.9 Å². The summed E-state index contributed by atoms with van der Waals surface area (Å²) in [5.41, 5.74) is 0.371. The summed E-state index contributed by atoms with van der Waals surface area (Å²) in [5, 5.41) is 10.4. The number of hydrogen-bond donors (Lipinski definition) is 0. The normalized spacial score (nSPS) is 10.3. The number of hydrogen-bond acceptors (Lipinski definition) is 8. The molecule has 0 spiro atoms. The third-order valence-electron chi connectivity index (χ3n) is 4.53. The first-order chi connectivity index (χ1) is 17.3. The van der Waals surface area contributed by atoms with E-state index in [9.17, 15) is 51.0 Å². The first-order valence-corrected chi connectivity index (χ1v) is 12.4. The van der Waals surface area contributed by atoms with Crippen molar-refractivity contribution < 1.29 is 123 Å². The van der Waals surface area contributed by atoms with E-state index in [1.807, 2.05) is 0 Å². The SMILES string of the molecule is O=C(Oc1c(F)c(F)c(F)c(F)c1F)c1cc2cc(CP(=O)([O-])[O-])ccc2s1.O=C([O-])c1ccccc1.[Ag+].[Ag+].[Ag+]. The second-order valence-electron chi connectivity index (χ2n) is 7.19. The third-order valence-corrected chi connectivity index (χ3v) is 6.38. The number of benzene rings is 3. The molecule has 224 valence electrons. The molecule has 0 N–H and O–H groups in total. The van der Waals surface area contributed by atoms with Gasteiger partial charge < -0.3 is 29.0 Å². The van der Waals surface area contributed by atoms with Crippen molar-refractivity contribution >= 4 is 41.0 Å². The van der Waals surface area contributed by atoms with Crippen LogP contribution in [0.4, 0.5) is 22.0 Å². The van der Waals surface area contributed by atoms with Crippen molar-refractivity contribution in [2.45, 2.75) is 6.16 Å².